The highest BCUT2D eigenvalue weighted by atomic mass is 16.5. The molecule has 2 heterocycles. The second-order valence-electron chi connectivity index (χ2n) is 9.82. The fourth-order valence-electron chi connectivity index (χ4n) is 5.45. The van der Waals surface area contributed by atoms with Gasteiger partial charge in [0.25, 0.3) is 0 Å². The van der Waals surface area contributed by atoms with Gasteiger partial charge < -0.3 is 29.6 Å². The first-order chi connectivity index (χ1) is 20.0. The first-order valence-corrected chi connectivity index (χ1v) is 14.2. The maximum Gasteiger partial charge on any atom is 0.336 e. The SMILES string of the molecule is CCOC(=O)C1=C(C)NC(C)=C(C(=O)OCC)C1c1ccc(C2C(C(=O)OCC)=C(C)NC(C)=C2C(=O)OCC)cc1. The van der Waals surface area contributed by atoms with E-state index in [1.54, 1.807) is 79.7 Å². The Morgan fingerprint density at radius 1 is 0.500 bits per heavy atom. The number of hydrogen-bond donors (Lipinski definition) is 2. The zero-order valence-electron chi connectivity index (χ0n) is 25.6. The predicted molar refractivity (Wildman–Crippen MR) is 156 cm³/mol. The fourth-order valence-corrected chi connectivity index (χ4v) is 5.45. The summed E-state index contributed by atoms with van der Waals surface area (Å²) in [5.74, 6) is -3.72. The van der Waals surface area contributed by atoms with E-state index >= 15 is 0 Å². The van der Waals surface area contributed by atoms with Gasteiger partial charge >= 0.3 is 23.9 Å². The molecule has 3 rings (SSSR count). The largest absolute Gasteiger partial charge is 0.463 e. The Hall–Kier alpha value is -4.34. The van der Waals surface area contributed by atoms with E-state index in [2.05, 4.69) is 10.6 Å². The number of carbonyl (C=O) groups is 4. The van der Waals surface area contributed by atoms with Crippen molar-refractivity contribution in [1.82, 2.24) is 10.6 Å². The van der Waals surface area contributed by atoms with Crippen molar-refractivity contribution >= 4 is 23.9 Å². The molecule has 2 aliphatic rings. The van der Waals surface area contributed by atoms with Gasteiger partial charge in [0.2, 0.25) is 0 Å². The third kappa shape index (κ3) is 6.42. The molecule has 0 atom stereocenters. The lowest BCUT2D eigenvalue weighted by Crippen LogP contribution is -2.33. The van der Waals surface area contributed by atoms with Crippen LogP contribution in [0.4, 0.5) is 0 Å². The average molecular weight is 581 g/mol. The Morgan fingerprint density at radius 2 is 0.714 bits per heavy atom. The van der Waals surface area contributed by atoms with Crippen LogP contribution < -0.4 is 10.6 Å². The zero-order chi connectivity index (χ0) is 31.1. The van der Waals surface area contributed by atoms with Crippen LogP contribution >= 0.6 is 0 Å². The molecule has 0 unspecified atom stereocenters. The van der Waals surface area contributed by atoms with E-state index in [1.165, 1.54) is 0 Å². The molecule has 226 valence electrons. The molecular formula is C32H40N2O8. The third-order valence-corrected chi connectivity index (χ3v) is 7.11. The number of rotatable bonds is 10. The predicted octanol–water partition coefficient (Wildman–Crippen LogP) is 4.41. The van der Waals surface area contributed by atoms with Gasteiger partial charge in [0.05, 0.1) is 60.6 Å². The van der Waals surface area contributed by atoms with Crippen LogP contribution in [0.2, 0.25) is 0 Å². The van der Waals surface area contributed by atoms with Crippen LogP contribution in [0.25, 0.3) is 0 Å². The number of carbonyl (C=O) groups excluding carboxylic acids is 4. The Bertz CT molecular complexity index is 1200. The molecule has 42 heavy (non-hydrogen) atoms. The number of esters is 4. The molecule has 0 aromatic heterocycles. The molecule has 2 aliphatic heterocycles. The molecule has 2 N–H and O–H groups in total. The topological polar surface area (TPSA) is 129 Å². The first kappa shape index (κ1) is 32.2. The van der Waals surface area contributed by atoms with Crippen molar-refractivity contribution in [3.05, 3.63) is 80.5 Å². The van der Waals surface area contributed by atoms with E-state index in [9.17, 15) is 19.2 Å². The number of hydrogen-bond acceptors (Lipinski definition) is 10. The average Bonchev–Trinajstić information content (AvgIpc) is 2.92. The van der Waals surface area contributed by atoms with E-state index < -0.39 is 35.7 Å². The summed E-state index contributed by atoms with van der Waals surface area (Å²) in [5, 5.41) is 6.25. The van der Waals surface area contributed by atoms with Crippen LogP contribution in [0.3, 0.4) is 0 Å². The number of nitrogens with one attached hydrogen (secondary N) is 2. The standard InChI is InChI=1S/C32H40N2O8/c1-9-39-29(35)23-17(5)33-18(6)24(30(36)40-10-2)27(23)21-13-15-22(16-14-21)28-25(31(37)41-11-3)19(7)34-20(8)26(28)32(38)42-12-4/h13-16,27-28,33-34H,9-12H2,1-8H3. The molecule has 0 fully saturated rings. The number of allylic oxidation sites excluding steroid dienone is 4. The minimum absolute atomic E-state index is 0.166. The Balaban J connectivity index is 2.20. The summed E-state index contributed by atoms with van der Waals surface area (Å²) >= 11 is 0. The lowest BCUT2D eigenvalue weighted by atomic mass is 9.77. The zero-order valence-corrected chi connectivity index (χ0v) is 25.6. The smallest absolute Gasteiger partial charge is 0.336 e. The third-order valence-electron chi connectivity index (χ3n) is 7.11. The van der Waals surface area contributed by atoms with E-state index in [0.717, 1.165) is 0 Å². The van der Waals surface area contributed by atoms with E-state index in [1.807, 2.05) is 0 Å². The minimum atomic E-state index is -0.768. The van der Waals surface area contributed by atoms with E-state index in [-0.39, 0.29) is 26.4 Å². The fraction of sp³-hybridized carbons (Fsp3) is 0.438. The maximum atomic E-state index is 13.2. The summed E-state index contributed by atoms with van der Waals surface area (Å²) in [6.07, 6.45) is 0. The van der Waals surface area contributed by atoms with E-state index in [0.29, 0.717) is 56.2 Å². The lowest BCUT2D eigenvalue weighted by molar-refractivity contribution is -0.141. The van der Waals surface area contributed by atoms with Crippen LogP contribution in [0.15, 0.2) is 69.3 Å². The summed E-state index contributed by atoms with van der Waals surface area (Å²) in [6, 6.07) is 7.12. The van der Waals surface area contributed by atoms with Crippen LogP contribution in [0, 0.1) is 0 Å². The van der Waals surface area contributed by atoms with Crippen LogP contribution in [-0.4, -0.2) is 50.3 Å². The van der Waals surface area contributed by atoms with Gasteiger partial charge in [0, 0.05) is 22.8 Å². The van der Waals surface area contributed by atoms with Gasteiger partial charge in [0.15, 0.2) is 0 Å². The van der Waals surface area contributed by atoms with Crippen molar-refractivity contribution in [2.45, 2.75) is 67.2 Å². The van der Waals surface area contributed by atoms with Gasteiger partial charge in [-0.2, -0.15) is 0 Å². The number of ether oxygens (including phenoxy) is 4. The highest BCUT2D eigenvalue weighted by molar-refractivity contribution is 6.01. The van der Waals surface area contributed by atoms with Gasteiger partial charge in [0.1, 0.15) is 0 Å². The summed E-state index contributed by atoms with van der Waals surface area (Å²) in [7, 11) is 0. The van der Waals surface area contributed by atoms with Crippen molar-refractivity contribution in [3.8, 4) is 0 Å². The van der Waals surface area contributed by atoms with Crippen LogP contribution in [0.5, 0.6) is 0 Å². The number of benzene rings is 1. The second kappa shape index (κ2) is 14.0. The van der Waals surface area contributed by atoms with Gasteiger partial charge in [-0.1, -0.05) is 24.3 Å². The van der Waals surface area contributed by atoms with Crippen molar-refractivity contribution in [2.75, 3.05) is 26.4 Å². The van der Waals surface area contributed by atoms with Gasteiger partial charge in [-0.05, 0) is 66.5 Å². The Kier molecular flexibility index (Phi) is 10.7. The van der Waals surface area contributed by atoms with Crippen molar-refractivity contribution in [2.24, 2.45) is 0 Å². The second-order valence-corrected chi connectivity index (χ2v) is 9.82. The maximum absolute atomic E-state index is 13.2. The summed E-state index contributed by atoms with van der Waals surface area (Å²) in [5.41, 5.74) is 4.73. The molecule has 10 heteroatoms. The lowest BCUT2D eigenvalue weighted by Gasteiger charge is -2.32. The molecular weight excluding hydrogens is 540 g/mol. The normalized spacial score (nSPS) is 16.2. The molecule has 0 saturated carbocycles. The number of dihydropyridines is 2. The highest BCUT2D eigenvalue weighted by Crippen LogP contribution is 2.42. The van der Waals surface area contributed by atoms with E-state index in [4.69, 9.17) is 18.9 Å². The van der Waals surface area contributed by atoms with Gasteiger partial charge in [-0.15, -0.1) is 0 Å². The molecule has 10 nitrogen and oxygen atoms in total. The Labute approximate surface area is 246 Å². The van der Waals surface area contributed by atoms with Gasteiger partial charge in [-0.3, -0.25) is 0 Å². The minimum Gasteiger partial charge on any atom is -0.463 e. The molecule has 0 amide bonds. The van der Waals surface area contributed by atoms with Crippen molar-refractivity contribution in [3.63, 3.8) is 0 Å². The van der Waals surface area contributed by atoms with Crippen molar-refractivity contribution < 1.29 is 38.1 Å². The van der Waals surface area contributed by atoms with Crippen LogP contribution in [0.1, 0.15) is 78.4 Å². The summed E-state index contributed by atoms with van der Waals surface area (Å²) in [6.45, 7) is 14.6. The molecule has 1 aromatic carbocycles. The quantitative estimate of drug-likeness (QED) is 0.303. The summed E-state index contributed by atoms with van der Waals surface area (Å²) < 4.78 is 21.5. The summed E-state index contributed by atoms with van der Waals surface area (Å²) in [4.78, 5) is 52.6. The Morgan fingerprint density at radius 3 is 0.905 bits per heavy atom. The molecule has 0 aliphatic carbocycles. The molecule has 0 radical (unpaired) electrons. The van der Waals surface area contributed by atoms with Crippen molar-refractivity contribution in [1.29, 1.82) is 0 Å². The first-order valence-electron chi connectivity index (χ1n) is 14.2. The molecule has 0 saturated heterocycles. The molecule has 1 aromatic rings. The molecule has 0 spiro atoms. The van der Waals surface area contributed by atoms with Gasteiger partial charge in [-0.25, -0.2) is 19.2 Å². The monoisotopic (exact) mass is 580 g/mol. The van der Waals surface area contributed by atoms with Crippen LogP contribution in [-0.2, 0) is 38.1 Å². The highest BCUT2D eigenvalue weighted by Gasteiger charge is 2.40. The molecule has 0 bridgehead atoms.